The molecule has 6 heteroatoms. The van der Waals surface area contributed by atoms with Crippen molar-refractivity contribution in [2.45, 2.75) is 13.8 Å². The molecule has 18 heavy (non-hydrogen) atoms. The first kappa shape index (κ1) is 14.7. The molecule has 0 aromatic heterocycles. The molecule has 1 aromatic carbocycles. The predicted molar refractivity (Wildman–Crippen MR) is 76.0 cm³/mol. The second-order valence-electron chi connectivity index (χ2n) is 3.43. The van der Waals surface area contributed by atoms with E-state index in [0.717, 1.165) is 3.57 Å². The Balaban J connectivity index is 3.24. The summed E-state index contributed by atoms with van der Waals surface area (Å²) in [6, 6.07) is 3.25. The van der Waals surface area contributed by atoms with Crippen LogP contribution in [-0.2, 0) is 9.53 Å². The van der Waals surface area contributed by atoms with Gasteiger partial charge in [-0.05, 0) is 35.6 Å². The highest BCUT2D eigenvalue weighted by Crippen LogP contribution is 2.29. The maximum absolute atomic E-state index is 11.6. The average Bonchev–Trinajstić information content (AvgIpc) is 2.31. The lowest BCUT2D eigenvalue weighted by Gasteiger charge is -2.13. The lowest BCUT2D eigenvalue weighted by atomic mass is 10.2. The molecule has 1 aromatic rings. The normalized spacial score (nSPS) is 9.78. The zero-order valence-electron chi connectivity index (χ0n) is 10.4. The summed E-state index contributed by atoms with van der Waals surface area (Å²) < 4.78 is 10.8. The summed E-state index contributed by atoms with van der Waals surface area (Å²) in [7, 11) is 1.31. The van der Waals surface area contributed by atoms with Gasteiger partial charge in [0.05, 0.1) is 19.4 Å². The van der Waals surface area contributed by atoms with Gasteiger partial charge >= 0.3 is 5.97 Å². The van der Waals surface area contributed by atoms with Crippen molar-refractivity contribution in [2.75, 3.05) is 19.0 Å². The van der Waals surface area contributed by atoms with Gasteiger partial charge in [0.1, 0.15) is 11.3 Å². The van der Waals surface area contributed by atoms with Crippen molar-refractivity contribution in [3.63, 3.8) is 0 Å². The van der Waals surface area contributed by atoms with Gasteiger partial charge in [-0.3, -0.25) is 4.79 Å². The summed E-state index contributed by atoms with van der Waals surface area (Å²) in [5, 5.41) is 2.68. The number of hydrogen-bond donors (Lipinski definition) is 1. The minimum atomic E-state index is -0.467. The van der Waals surface area contributed by atoms with E-state index in [2.05, 4.69) is 10.1 Å². The molecule has 1 rings (SSSR count). The molecule has 0 radical (unpaired) electrons. The molecule has 0 bridgehead atoms. The molecule has 1 amide bonds. The van der Waals surface area contributed by atoms with E-state index >= 15 is 0 Å². The van der Waals surface area contributed by atoms with Crippen LogP contribution in [0.4, 0.5) is 5.69 Å². The number of halogens is 1. The van der Waals surface area contributed by atoms with Crippen LogP contribution in [0.2, 0.25) is 0 Å². The van der Waals surface area contributed by atoms with E-state index < -0.39 is 5.97 Å². The molecule has 98 valence electrons. The first-order valence-electron chi connectivity index (χ1n) is 5.31. The number of methoxy groups -OCH3 is 1. The van der Waals surface area contributed by atoms with Gasteiger partial charge in [-0.15, -0.1) is 0 Å². The van der Waals surface area contributed by atoms with Crippen molar-refractivity contribution in [3.8, 4) is 5.75 Å². The van der Waals surface area contributed by atoms with E-state index in [1.165, 1.54) is 14.0 Å². The molecule has 0 atom stereocenters. The number of amides is 1. The van der Waals surface area contributed by atoms with Crippen LogP contribution in [-0.4, -0.2) is 25.6 Å². The Bertz CT molecular complexity index is 473. The van der Waals surface area contributed by atoms with Crippen molar-refractivity contribution in [3.05, 3.63) is 21.3 Å². The predicted octanol–water partition coefficient (Wildman–Crippen LogP) is 2.43. The molecule has 1 N–H and O–H groups in total. The number of carbonyl (C=O) groups is 2. The summed E-state index contributed by atoms with van der Waals surface area (Å²) in [6.45, 7) is 3.66. The van der Waals surface area contributed by atoms with Gasteiger partial charge in [0, 0.05) is 16.6 Å². The largest absolute Gasteiger partial charge is 0.493 e. The summed E-state index contributed by atoms with van der Waals surface area (Å²) >= 11 is 2.04. The fraction of sp³-hybridized carbons (Fsp3) is 0.333. The van der Waals surface area contributed by atoms with Crippen LogP contribution in [0.25, 0.3) is 0 Å². The van der Waals surface area contributed by atoms with Gasteiger partial charge in [-0.2, -0.15) is 0 Å². The number of nitrogens with one attached hydrogen (secondary N) is 1. The smallest absolute Gasteiger partial charge is 0.341 e. The fourth-order valence-electron chi connectivity index (χ4n) is 1.38. The quantitative estimate of drug-likeness (QED) is 0.659. The van der Waals surface area contributed by atoms with Crippen LogP contribution in [0, 0.1) is 3.57 Å². The van der Waals surface area contributed by atoms with Crippen LogP contribution in [0.15, 0.2) is 12.1 Å². The third kappa shape index (κ3) is 3.59. The van der Waals surface area contributed by atoms with Crippen LogP contribution in [0.5, 0.6) is 5.75 Å². The van der Waals surface area contributed by atoms with Crippen LogP contribution >= 0.6 is 22.6 Å². The van der Waals surface area contributed by atoms with E-state index in [9.17, 15) is 9.59 Å². The molecular formula is C12H14INO4. The minimum absolute atomic E-state index is 0.179. The lowest BCUT2D eigenvalue weighted by molar-refractivity contribution is -0.114. The maximum atomic E-state index is 11.6. The number of benzene rings is 1. The van der Waals surface area contributed by atoms with Crippen LogP contribution in [0.3, 0.4) is 0 Å². The number of anilines is 1. The van der Waals surface area contributed by atoms with E-state index in [0.29, 0.717) is 23.6 Å². The van der Waals surface area contributed by atoms with E-state index in [-0.39, 0.29) is 5.91 Å². The van der Waals surface area contributed by atoms with Crippen LogP contribution in [0.1, 0.15) is 24.2 Å². The maximum Gasteiger partial charge on any atom is 0.341 e. The Morgan fingerprint density at radius 2 is 2.06 bits per heavy atom. The van der Waals surface area contributed by atoms with Gasteiger partial charge in [-0.25, -0.2) is 4.79 Å². The molecular weight excluding hydrogens is 349 g/mol. The number of rotatable bonds is 4. The molecule has 0 aliphatic carbocycles. The van der Waals surface area contributed by atoms with Crippen molar-refractivity contribution in [1.29, 1.82) is 0 Å². The van der Waals surface area contributed by atoms with E-state index in [4.69, 9.17) is 4.74 Å². The number of hydrogen-bond acceptors (Lipinski definition) is 4. The first-order valence-corrected chi connectivity index (χ1v) is 6.39. The number of esters is 1. The van der Waals surface area contributed by atoms with E-state index in [1.54, 1.807) is 12.1 Å². The van der Waals surface area contributed by atoms with Gasteiger partial charge in [0.25, 0.3) is 0 Å². The summed E-state index contributed by atoms with van der Waals surface area (Å²) in [6.07, 6.45) is 0. The standard InChI is InChI=1S/C12H14INO4/c1-4-18-11-6-10(14-7(2)15)9(13)5-8(11)12(16)17-3/h5-6H,4H2,1-3H3,(H,14,15). The van der Waals surface area contributed by atoms with Gasteiger partial charge in [-0.1, -0.05) is 0 Å². The third-order valence-corrected chi connectivity index (χ3v) is 2.98. The second kappa shape index (κ2) is 6.58. The highest BCUT2D eigenvalue weighted by molar-refractivity contribution is 14.1. The number of carbonyl (C=O) groups excluding carboxylic acids is 2. The lowest BCUT2D eigenvalue weighted by Crippen LogP contribution is -2.11. The minimum Gasteiger partial charge on any atom is -0.493 e. The Kier molecular flexibility index (Phi) is 5.39. The molecule has 0 heterocycles. The topological polar surface area (TPSA) is 64.6 Å². The molecule has 0 saturated heterocycles. The van der Waals surface area contributed by atoms with Gasteiger partial charge < -0.3 is 14.8 Å². The first-order chi connectivity index (χ1) is 8.49. The van der Waals surface area contributed by atoms with Crippen LogP contribution < -0.4 is 10.1 Å². The Morgan fingerprint density at radius 1 is 1.39 bits per heavy atom. The summed E-state index contributed by atoms with van der Waals surface area (Å²) in [5.41, 5.74) is 0.956. The Labute approximate surface area is 119 Å². The van der Waals surface area contributed by atoms with E-state index in [1.807, 2.05) is 29.5 Å². The zero-order valence-corrected chi connectivity index (χ0v) is 12.5. The zero-order chi connectivity index (χ0) is 13.7. The van der Waals surface area contributed by atoms with Gasteiger partial charge in [0.2, 0.25) is 5.91 Å². The van der Waals surface area contributed by atoms with Crippen molar-refractivity contribution in [2.24, 2.45) is 0 Å². The molecule has 0 unspecified atom stereocenters. The van der Waals surface area contributed by atoms with Crippen molar-refractivity contribution in [1.82, 2.24) is 0 Å². The Morgan fingerprint density at radius 3 is 2.56 bits per heavy atom. The molecule has 0 saturated carbocycles. The average molecular weight is 363 g/mol. The SMILES string of the molecule is CCOc1cc(NC(C)=O)c(I)cc1C(=O)OC. The highest BCUT2D eigenvalue weighted by Gasteiger charge is 2.16. The van der Waals surface area contributed by atoms with Gasteiger partial charge in [0.15, 0.2) is 0 Å². The molecule has 0 aliphatic rings. The molecule has 0 aliphatic heterocycles. The van der Waals surface area contributed by atoms with Crippen molar-refractivity contribution < 1.29 is 19.1 Å². The molecule has 0 fully saturated rings. The second-order valence-corrected chi connectivity index (χ2v) is 4.60. The monoisotopic (exact) mass is 363 g/mol. The Hall–Kier alpha value is -1.31. The van der Waals surface area contributed by atoms with Crippen molar-refractivity contribution >= 4 is 40.2 Å². The third-order valence-electron chi connectivity index (χ3n) is 2.09. The number of ether oxygens (including phenoxy) is 2. The summed E-state index contributed by atoms with van der Waals surface area (Å²) in [5.74, 6) is -0.250. The fourth-order valence-corrected chi connectivity index (χ4v) is 1.99. The summed E-state index contributed by atoms with van der Waals surface area (Å²) in [4.78, 5) is 22.7. The highest BCUT2D eigenvalue weighted by atomic mass is 127. The molecule has 5 nitrogen and oxygen atoms in total. The molecule has 0 spiro atoms.